The first-order chi connectivity index (χ1) is 9.15. The SMILES string of the molecule is Nc1ccc(F)cc1NC(=O)COc1ccccc1. The Bertz CT molecular complexity index is 573. The molecule has 0 aliphatic carbocycles. The molecule has 2 aromatic carbocycles. The standard InChI is InChI=1S/C14H13FN2O2/c15-10-6-7-12(16)13(8-10)17-14(18)9-19-11-4-2-1-3-5-11/h1-8H,9,16H2,(H,17,18). The van der Waals surface area contributed by atoms with Crippen LogP contribution in [-0.2, 0) is 4.79 Å². The Hall–Kier alpha value is -2.56. The maximum absolute atomic E-state index is 13.0. The number of rotatable bonds is 4. The lowest BCUT2D eigenvalue weighted by atomic mass is 10.2. The van der Waals surface area contributed by atoms with Crippen molar-refractivity contribution >= 4 is 17.3 Å². The van der Waals surface area contributed by atoms with Gasteiger partial charge in [0.25, 0.3) is 5.91 Å². The number of nitrogen functional groups attached to an aromatic ring is 1. The summed E-state index contributed by atoms with van der Waals surface area (Å²) in [6.07, 6.45) is 0. The molecule has 0 radical (unpaired) electrons. The van der Waals surface area contributed by atoms with Gasteiger partial charge in [0.05, 0.1) is 11.4 Å². The topological polar surface area (TPSA) is 64.3 Å². The molecule has 0 aliphatic heterocycles. The molecule has 0 heterocycles. The van der Waals surface area contributed by atoms with Gasteiger partial charge in [-0.1, -0.05) is 18.2 Å². The highest BCUT2D eigenvalue weighted by molar-refractivity contribution is 5.94. The zero-order chi connectivity index (χ0) is 13.7. The molecule has 4 nitrogen and oxygen atoms in total. The van der Waals surface area contributed by atoms with Gasteiger partial charge in [0, 0.05) is 0 Å². The van der Waals surface area contributed by atoms with Crippen molar-refractivity contribution in [2.75, 3.05) is 17.7 Å². The molecule has 3 N–H and O–H groups in total. The Labute approximate surface area is 110 Å². The average molecular weight is 260 g/mol. The summed E-state index contributed by atoms with van der Waals surface area (Å²) in [6, 6.07) is 12.7. The van der Waals surface area contributed by atoms with Crippen LogP contribution in [0.4, 0.5) is 15.8 Å². The van der Waals surface area contributed by atoms with E-state index in [4.69, 9.17) is 10.5 Å². The number of benzene rings is 2. The fourth-order valence-electron chi connectivity index (χ4n) is 1.49. The first-order valence-corrected chi connectivity index (χ1v) is 5.68. The van der Waals surface area contributed by atoms with Gasteiger partial charge in [-0.3, -0.25) is 4.79 Å². The van der Waals surface area contributed by atoms with Crippen LogP contribution in [0.2, 0.25) is 0 Å². The zero-order valence-corrected chi connectivity index (χ0v) is 10.1. The van der Waals surface area contributed by atoms with E-state index in [1.807, 2.05) is 6.07 Å². The smallest absolute Gasteiger partial charge is 0.262 e. The fraction of sp³-hybridized carbons (Fsp3) is 0.0714. The highest BCUT2D eigenvalue weighted by atomic mass is 19.1. The van der Waals surface area contributed by atoms with Gasteiger partial charge in [0.1, 0.15) is 11.6 Å². The number of nitrogens with one attached hydrogen (secondary N) is 1. The molecule has 0 fully saturated rings. The molecule has 0 spiro atoms. The number of para-hydroxylation sites is 1. The second kappa shape index (κ2) is 5.86. The predicted octanol–water partition coefficient (Wildman–Crippen LogP) is 2.43. The van der Waals surface area contributed by atoms with E-state index >= 15 is 0 Å². The van der Waals surface area contributed by atoms with E-state index in [0.717, 1.165) is 6.07 Å². The second-order valence-corrected chi connectivity index (χ2v) is 3.88. The normalized spacial score (nSPS) is 9.95. The minimum atomic E-state index is -0.464. The second-order valence-electron chi connectivity index (χ2n) is 3.88. The van der Waals surface area contributed by atoms with E-state index in [0.29, 0.717) is 11.4 Å². The van der Waals surface area contributed by atoms with Crippen LogP contribution in [0, 0.1) is 5.82 Å². The molecule has 0 aliphatic rings. The molecule has 19 heavy (non-hydrogen) atoms. The number of nitrogens with two attached hydrogens (primary N) is 1. The van der Waals surface area contributed by atoms with Crippen molar-refractivity contribution in [1.29, 1.82) is 0 Å². The van der Waals surface area contributed by atoms with Crippen molar-refractivity contribution in [1.82, 2.24) is 0 Å². The van der Waals surface area contributed by atoms with Gasteiger partial charge in [0.15, 0.2) is 6.61 Å². The summed E-state index contributed by atoms with van der Waals surface area (Å²) in [6.45, 7) is -0.167. The fourth-order valence-corrected chi connectivity index (χ4v) is 1.49. The van der Waals surface area contributed by atoms with Gasteiger partial charge >= 0.3 is 0 Å². The number of halogens is 1. The summed E-state index contributed by atoms with van der Waals surface area (Å²) in [4.78, 5) is 11.6. The van der Waals surface area contributed by atoms with Gasteiger partial charge in [0.2, 0.25) is 0 Å². The van der Waals surface area contributed by atoms with Gasteiger partial charge in [-0.15, -0.1) is 0 Å². The third-order valence-corrected chi connectivity index (χ3v) is 2.40. The molecule has 2 aromatic rings. The van der Waals surface area contributed by atoms with E-state index in [1.54, 1.807) is 24.3 Å². The van der Waals surface area contributed by atoms with Crippen molar-refractivity contribution in [3.63, 3.8) is 0 Å². The molecule has 0 aromatic heterocycles. The first-order valence-electron chi connectivity index (χ1n) is 5.68. The third kappa shape index (κ3) is 3.70. The highest BCUT2D eigenvalue weighted by Gasteiger charge is 2.07. The van der Waals surface area contributed by atoms with Gasteiger partial charge in [-0.05, 0) is 30.3 Å². The number of ether oxygens (including phenoxy) is 1. The number of amides is 1. The molecular weight excluding hydrogens is 247 g/mol. The highest BCUT2D eigenvalue weighted by Crippen LogP contribution is 2.19. The lowest BCUT2D eigenvalue weighted by molar-refractivity contribution is -0.118. The molecule has 5 heteroatoms. The monoisotopic (exact) mass is 260 g/mol. The lowest BCUT2D eigenvalue weighted by Gasteiger charge is -2.09. The summed E-state index contributed by atoms with van der Waals surface area (Å²) in [5.74, 6) is -0.278. The van der Waals surface area contributed by atoms with Crippen LogP contribution in [0.15, 0.2) is 48.5 Å². The van der Waals surface area contributed by atoms with Crippen molar-refractivity contribution in [2.24, 2.45) is 0 Å². The van der Waals surface area contributed by atoms with Crippen LogP contribution in [0.25, 0.3) is 0 Å². The molecule has 98 valence electrons. The van der Waals surface area contributed by atoms with Crippen LogP contribution in [0.5, 0.6) is 5.75 Å². The lowest BCUT2D eigenvalue weighted by Crippen LogP contribution is -2.20. The number of anilines is 2. The number of carbonyl (C=O) groups is 1. The number of hydrogen-bond donors (Lipinski definition) is 2. The largest absolute Gasteiger partial charge is 0.484 e. The molecule has 0 atom stereocenters. The Morgan fingerprint density at radius 2 is 1.95 bits per heavy atom. The van der Waals surface area contributed by atoms with Crippen molar-refractivity contribution < 1.29 is 13.9 Å². The van der Waals surface area contributed by atoms with E-state index < -0.39 is 11.7 Å². The van der Waals surface area contributed by atoms with Gasteiger partial charge < -0.3 is 15.8 Å². The predicted molar refractivity (Wildman–Crippen MR) is 71.4 cm³/mol. The summed E-state index contributed by atoms with van der Waals surface area (Å²) in [5, 5.41) is 2.49. The molecular formula is C14H13FN2O2. The molecule has 1 amide bonds. The van der Waals surface area contributed by atoms with Crippen molar-refractivity contribution in [3.05, 3.63) is 54.3 Å². The molecule has 0 bridgehead atoms. The van der Waals surface area contributed by atoms with E-state index in [9.17, 15) is 9.18 Å². The summed E-state index contributed by atoms with van der Waals surface area (Å²) >= 11 is 0. The molecule has 0 saturated carbocycles. The summed E-state index contributed by atoms with van der Waals surface area (Å²) in [5.41, 5.74) is 6.16. The molecule has 0 saturated heterocycles. The minimum Gasteiger partial charge on any atom is -0.484 e. The maximum Gasteiger partial charge on any atom is 0.262 e. The van der Waals surface area contributed by atoms with Crippen molar-refractivity contribution in [2.45, 2.75) is 0 Å². The summed E-state index contributed by atoms with van der Waals surface area (Å²) < 4.78 is 18.3. The Balaban J connectivity index is 1.93. The van der Waals surface area contributed by atoms with E-state index in [2.05, 4.69) is 5.32 Å². The van der Waals surface area contributed by atoms with Crippen LogP contribution in [0.3, 0.4) is 0 Å². The quantitative estimate of drug-likeness (QED) is 0.830. The molecule has 0 unspecified atom stereocenters. The van der Waals surface area contributed by atoms with Crippen LogP contribution in [0.1, 0.15) is 0 Å². The van der Waals surface area contributed by atoms with Gasteiger partial charge in [-0.25, -0.2) is 4.39 Å². The molecule has 2 rings (SSSR count). The third-order valence-electron chi connectivity index (χ3n) is 2.40. The Morgan fingerprint density at radius 3 is 2.68 bits per heavy atom. The maximum atomic E-state index is 13.0. The van der Waals surface area contributed by atoms with Crippen LogP contribution >= 0.6 is 0 Å². The van der Waals surface area contributed by atoms with E-state index in [-0.39, 0.29) is 12.3 Å². The average Bonchev–Trinajstić information content (AvgIpc) is 2.42. The first kappa shape index (κ1) is 12.9. The van der Waals surface area contributed by atoms with Crippen LogP contribution in [-0.4, -0.2) is 12.5 Å². The van der Waals surface area contributed by atoms with Crippen LogP contribution < -0.4 is 15.8 Å². The zero-order valence-electron chi connectivity index (χ0n) is 10.1. The number of hydrogen-bond acceptors (Lipinski definition) is 3. The minimum absolute atomic E-state index is 0.167. The number of carbonyl (C=O) groups excluding carboxylic acids is 1. The van der Waals surface area contributed by atoms with Crippen molar-refractivity contribution in [3.8, 4) is 5.75 Å². The van der Waals surface area contributed by atoms with Gasteiger partial charge in [-0.2, -0.15) is 0 Å². The Morgan fingerprint density at radius 1 is 1.21 bits per heavy atom. The summed E-state index contributed by atoms with van der Waals surface area (Å²) in [7, 11) is 0. The van der Waals surface area contributed by atoms with E-state index in [1.165, 1.54) is 12.1 Å². The Kier molecular flexibility index (Phi) is 3.97.